The molecule has 0 radical (unpaired) electrons. The van der Waals surface area contributed by atoms with E-state index >= 15 is 0 Å². The van der Waals surface area contributed by atoms with E-state index in [1.165, 1.54) is 18.4 Å². The minimum atomic E-state index is -0.684. The lowest BCUT2D eigenvalue weighted by Gasteiger charge is -2.11. The molecule has 1 aromatic heterocycles. The summed E-state index contributed by atoms with van der Waals surface area (Å²) in [6, 6.07) is 6.00. The van der Waals surface area contributed by atoms with Crippen molar-refractivity contribution in [2.45, 2.75) is 13.0 Å². The van der Waals surface area contributed by atoms with Crippen LogP contribution in [0.15, 0.2) is 34.9 Å². The predicted molar refractivity (Wildman–Crippen MR) is 83.1 cm³/mol. The van der Waals surface area contributed by atoms with Crippen LogP contribution in [-0.4, -0.2) is 25.3 Å². The van der Waals surface area contributed by atoms with E-state index in [9.17, 15) is 9.59 Å². The molecule has 2 heterocycles. The molecule has 7 nitrogen and oxygen atoms in total. The fourth-order valence-corrected chi connectivity index (χ4v) is 2.46. The lowest BCUT2D eigenvalue weighted by Crippen LogP contribution is -2.30. The van der Waals surface area contributed by atoms with Crippen molar-refractivity contribution in [3.8, 4) is 11.5 Å². The van der Waals surface area contributed by atoms with E-state index in [0.717, 1.165) is 0 Å². The summed E-state index contributed by atoms with van der Waals surface area (Å²) in [7, 11) is 0. The van der Waals surface area contributed by atoms with Crippen molar-refractivity contribution in [3.05, 3.63) is 46.9 Å². The fourth-order valence-electron chi connectivity index (χ4n) is 2.19. The van der Waals surface area contributed by atoms with Gasteiger partial charge in [-0.3, -0.25) is 4.79 Å². The molecule has 1 amide bonds. The van der Waals surface area contributed by atoms with Gasteiger partial charge in [0.25, 0.3) is 5.91 Å². The van der Waals surface area contributed by atoms with Gasteiger partial charge in [0.2, 0.25) is 6.79 Å². The van der Waals surface area contributed by atoms with Crippen LogP contribution in [0.5, 0.6) is 11.5 Å². The zero-order valence-corrected chi connectivity index (χ0v) is 13.5. The Morgan fingerprint density at radius 2 is 2.21 bits per heavy atom. The van der Waals surface area contributed by atoms with Gasteiger partial charge in [-0.1, -0.05) is 11.6 Å². The highest BCUT2D eigenvalue weighted by Gasteiger charge is 2.22. The number of hydrogen-bond acceptors (Lipinski definition) is 6. The highest BCUT2D eigenvalue weighted by Crippen LogP contribution is 2.39. The SMILES string of the molecule is C[C@@H](NC(=O)COC(=O)c1cc(Cl)c2c(c1)OCO2)c1ccco1. The van der Waals surface area contributed by atoms with Crippen LogP contribution in [0.3, 0.4) is 0 Å². The lowest BCUT2D eigenvalue weighted by atomic mass is 10.2. The van der Waals surface area contributed by atoms with Crippen molar-refractivity contribution >= 4 is 23.5 Å². The van der Waals surface area contributed by atoms with E-state index in [1.54, 1.807) is 19.1 Å². The highest BCUT2D eigenvalue weighted by molar-refractivity contribution is 6.32. The van der Waals surface area contributed by atoms with Crippen LogP contribution in [-0.2, 0) is 9.53 Å². The Hall–Kier alpha value is -2.67. The Labute approximate surface area is 142 Å². The first kappa shape index (κ1) is 16.2. The molecule has 1 aliphatic heterocycles. The maximum atomic E-state index is 12.0. The molecule has 24 heavy (non-hydrogen) atoms. The number of rotatable bonds is 5. The molecule has 1 aliphatic rings. The summed E-state index contributed by atoms with van der Waals surface area (Å²) < 4.78 is 20.5. The van der Waals surface area contributed by atoms with Gasteiger partial charge in [-0.15, -0.1) is 0 Å². The number of fused-ring (bicyclic) bond motifs is 1. The molecule has 0 unspecified atom stereocenters. The summed E-state index contributed by atoms with van der Waals surface area (Å²) in [5.74, 6) is 0.232. The molecule has 0 saturated carbocycles. The fraction of sp³-hybridized carbons (Fsp3) is 0.250. The molecule has 0 aliphatic carbocycles. The Morgan fingerprint density at radius 3 is 2.96 bits per heavy atom. The van der Waals surface area contributed by atoms with Crippen molar-refractivity contribution in [3.63, 3.8) is 0 Å². The van der Waals surface area contributed by atoms with Gasteiger partial charge in [0.15, 0.2) is 18.1 Å². The molecule has 0 fully saturated rings. The molecule has 1 N–H and O–H groups in total. The van der Waals surface area contributed by atoms with Crippen molar-refractivity contribution in [2.75, 3.05) is 13.4 Å². The van der Waals surface area contributed by atoms with Crippen LogP contribution in [0, 0.1) is 0 Å². The number of ether oxygens (including phenoxy) is 3. The first-order valence-corrected chi connectivity index (χ1v) is 7.51. The molecule has 1 atom stereocenters. The number of carbonyl (C=O) groups excluding carboxylic acids is 2. The average Bonchev–Trinajstić information content (AvgIpc) is 3.23. The Balaban J connectivity index is 1.56. The second-order valence-corrected chi connectivity index (χ2v) is 5.48. The zero-order chi connectivity index (χ0) is 17.1. The van der Waals surface area contributed by atoms with E-state index in [-0.39, 0.29) is 23.4 Å². The maximum absolute atomic E-state index is 12.0. The largest absolute Gasteiger partial charge is 0.467 e. The van der Waals surface area contributed by atoms with E-state index in [1.807, 2.05) is 0 Å². The van der Waals surface area contributed by atoms with Crippen molar-refractivity contribution in [1.82, 2.24) is 5.32 Å². The van der Waals surface area contributed by atoms with Gasteiger partial charge < -0.3 is 23.9 Å². The first-order chi connectivity index (χ1) is 11.5. The van der Waals surface area contributed by atoms with Crippen LogP contribution in [0.2, 0.25) is 5.02 Å². The van der Waals surface area contributed by atoms with Crippen molar-refractivity contribution in [1.29, 1.82) is 0 Å². The standard InChI is InChI=1S/C16H14ClNO6/c1-9(12-3-2-4-21-12)18-14(19)7-22-16(20)10-5-11(17)15-13(6-10)23-8-24-15/h2-6,9H,7-8H2,1H3,(H,18,19)/t9-/m1/s1. The van der Waals surface area contributed by atoms with Crippen molar-refractivity contribution < 1.29 is 28.2 Å². The molecule has 8 heteroatoms. The van der Waals surface area contributed by atoms with Gasteiger partial charge in [-0.25, -0.2) is 4.79 Å². The Kier molecular flexibility index (Phi) is 4.61. The van der Waals surface area contributed by atoms with E-state index < -0.39 is 18.5 Å². The lowest BCUT2D eigenvalue weighted by molar-refractivity contribution is -0.125. The number of nitrogens with one attached hydrogen (secondary N) is 1. The molecule has 0 spiro atoms. The summed E-state index contributed by atoms with van der Waals surface area (Å²) in [6.07, 6.45) is 1.52. The average molecular weight is 352 g/mol. The number of halogens is 1. The number of esters is 1. The molecule has 2 aromatic rings. The van der Waals surface area contributed by atoms with Gasteiger partial charge in [0.1, 0.15) is 5.76 Å². The Morgan fingerprint density at radius 1 is 1.38 bits per heavy atom. The quantitative estimate of drug-likeness (QED) is 0.833. The normalized spacial score (nSPS) is 13.4. The topological polar surface area (TPSA) is 87.0 Å². The molecule has 0 bridgehead atoms. The summed E-state index contributed by atoms with van der Waals surface area (Å²) in [4.78, 5) is 23.9. The minimum Gasteiger partial charge on any atom is -0.467 e. The second kappa shape index (κ2) is 6.84. The molecular formula is C16H14ClNO6. The molecule has 3 rings (SSSR count). The third-order valence-electron chi connectivity index (χ3n) is 3.34. The van der Waals surface area contributed by atoms with Gasteiger partial charge in [0, 0.05) is 0 Å². The molecular weight excluding hydrogens is 338 g/mol. The van der Waals surface area contributed by atoms with Crippen LogP contribution in [0.25, 0.3) is 0 Å². The van der Waals surface area contributed by atoms with Gasteiger partial charge >= 0.3 is 5.97 Å². The van der Waals surface area contributed by atoms with E-state index in [2.05, 4.69) is 5.32 Å². The molecule has 126 valence electrons. The van der Waals surface area contributed by atoms with Gasteiger partial charge in [-0.05, 0) is 31.2 Å². The van der Waals surface area contributed by atoms with Crippen LogP contribution < -0.4 is 14.8 Å². The van der Waals surface area contributed by atoms with E-state index in [0.29, 0.717) is 17.3 Å². The monoisotopic (exact) mass is 351 g/mol. The number of carbonyl (C=O) groups is 2. The summed E-state index contributed by atoms with van der Waals surface area (Å²) in [5, 5.41) is 2.90. The smallest absolute Gasteiger partial charge is 0.338 e. The van der Waals surface area contributed by atoms with Gasteiger partial charge in [-0.2, -0.15) is 0 Å². The number of furan rings is 1. The molecule has 1 aromatic carbocycles. The first-order valence-electron chi connectivity index (χ1n) is 7.13. The van der Waals surface area contributed by atoms with Gasteiger partial charge in [0.05, 0.1) is 22.9 Å². The zero-order valence-electron chi connectivity index (χ0n) is 12.7. The van der Waals surface area contributed by atoms with Crippen LogP contribution >= 0.6 is 11.6 Å². The third-order valence-corrected chi connectivity index (χ3v) is 3.63. The summed E-state index contributed by atoms with van der Waals surface area (Å²) in [6.45, 7) is 1.38. The summed E-state index contributed by atoms with van der Waals surface area (Å²) in [5.41, 5.74) is 0.177. The van der Waals surface area contributed by atoms with Crippen LogP contribution in [0.1, 0.15) is 29.1 Å². The van der Waals surface area contributed by atoms with E-state index in [4.69, 9.17) is 30.2 Å². The molecule has 0 saturated heterocycles. The maximum Gasteiger partial charge on any atom is 0.338 e. The highest BCUT2D eigenvalue weighted by atomic mass is 35.5. The second-order valence-electron chi connectivity index (χ2n) is 5.07. The Bertz CT molecular complexity index is 758. The third kappa shape index (κ3) is 3.46. The van der Waals surface area contributed by atoms with Crippen LogP contribution in [0.4, 0.5) is 0 Å². The number of hydrogen-bond donors (Lipinski definition) is 1. The predicted octanol–water partition coefficient (Wildman–Crippen LogP) is 2.70. The minimum absolute atomic E-state index is 0.0423. The number of benzene rings is 1. The number of amides is 1. The summed E-state index contributed by atoms with van der Waals surface area (Å²) >= 11 is 6.01. The van der Waals surface area contributed by atoms with Crippen molar-refractivity contribution in [2.24, 2.45) is 0 Å².